The molecule has 6 heteroatoms. The molecule has 0 aliphatic carbocycles. The van der Waals surface area contributed by atoms with Crippen LogP contribution in [0.1, 0.15) is 18.9 Å². The van der Waals surface area contributed by atoms with Crippen LogP contribution in [0.3, 0.4) is 0 Å². The van der Waals surface area contributed by atoms with Gasteiger partial charge in [0, 0.05) is 30.4 Å². The molecule has 2 aliphatic heterocycles. The van der Waals surface area contributed by atoms with E-state index in [2.05, 4.69) is 5.32 Å². The Hall–Kier alpha value is -2.89. The Morgan fingerprint density at radius 1 is 1.15 bits per heavy atom. The summed E-state index contributed by atoms with van der Waals surface area (Å²) in [5, 5.41) is 2.97. The fourth-order valence-electron chi connectivity index (χ4n) is 3.82. The highest BCUT2D eigenvalue weighted by Gasteiger charge is 2.35. The zero-order chi connectivity index (χ0) is 18.3. The van der Waals surface area contributed by atoms with Crippen molar-refractivity contribution in [2.75, 3.05) is 16.3 Å². The Morgan fingerprint density at radius 3 is 2.77 bits per heavy atom. The highest BCUT2D eigenvalue weighted by Crippen LogP contribution is 2.32. The van der Waals surface area contributed by atoms with Crippen LogP contribution in [-0.2, 0) is 11.2 Å². The third kappa shape index (κ3) is 2.92. The molecule has 2 aliphatic rings. The van der Waals surface area contributed by atoms with Crippen LogP contribution in [0.15, 0.2) is 48.5 Å². The van der Waals surface area contributed by atoms with Gasteiger partial charge in [0.2, 0.25) is 5.91 Å². The molecule has 2 aromatic carbocycles. The van der Waals surface area contributed by atoms with Gasteiger partial charge in [0.1, 0.15) is 5.82 Å². The Morgan fingerprint density at radius 2 is 1.96 bits per heavy atom. The molecule has 0 spiro atoms. The first-order chi connectivity index (χ1) is 12.5. The molecule has 2 unspecified atom stereocenters. The summed E-state index contributed by atoms with van der Waals surface area (Å²) < 4.78 is 13.4. The average molecular weight is 353 g/mol. The van der Waals surface area contributed by atoms with Crippen molar-refractivity contribution in [3.05, 3.63) is 59.9 Å². The Balaban J connectivity index is 1.47. The molecule has 1 N–H and O–H groups in total. The number of hydrogen-bond donors (Lipinski definition) is 1. The van der Waals surface area contributed by atoms with E-state index in [1.807, 2.05) is 31.2 Å². The van der Waals surface area contributed by atoms with E-state index in [1.54, 1.807) is 17.0 Å². The first-order valence-corrected chi connectivity index (χ1v) is 8.76. The third-order valence-corrected chi connectivity index (χ3v) is 5.00. The minimum absolute atomic E-state index is 0.0730. The van der Waals surface area contributed by atoms with Gasteiger partial charge in [-0.2, -0.15) is 0 Å². The fourth-order valence-corrected chi connectivity index (χ4v) is 3.82. The van der Waals surface area contributed by atoms with Crippen LogP contribution in [0.25, 0.3) is 0 Å². The van der Waals surface area contributed by atoms with Crippen LogP contribution in [0.5, 0.6) is 0 Å². The van der Waals surface area contributed by atoms with Crippen molar-refractivity contribution < 1.29 is 14.0 Å². The van der Waals surface area contributed by atoms with Gasteiger partial charge in [-0.1, -0.05) is 24.3 Å². The lowest BCUT2D eigenvalue weighted by atomic mass is 10.1. The van der Waals surface area contributed by atoms with Gasteiger partial charge in [0.05, 0.1) is 6.04 Å². The van der Waals surface area contributed by atoms with E-state index in [9.17, 15) is 14.0 Å². The number of nitrogens with zero attached hydrogens (tertiary/aromatic N) is 2. The average Bonchev–Trinajstić information content (AvgIpc) is 3.13. The highest BCUT2D eigenvalue weighted by atomic mass is 19.1. The van der Waals surface area contributed by atoms with E-state index in [1.165, 1.54) is 17.0 Å². The number of hydrogen-bond acceptors (Lipinski definition) is 2. The van der Waals surface area contributed by atoms with Crippen LogP contribution in [0, 0.1) is 5.82 Å². The maximum atomic E-state index is 13.4. The molecule has 0 aromatic heterocycles. The smallest absolute Gasteiger partial charge is 0.322 e. The van der Waals surface area contributed by atoms with E-state index in [0.717, 1.165) is 17.7 Å². The minimum atomic E-state index is -0.384. The lowest BCUT2D eigenvalue weighted by Gasteiger charge is -2.25. The van der Waals surface area contributed by atoms with Gasteiger partial charge in [0.15, 0.2) is 0 Å². The number of para-hydroxylation sites is 1. The van der Waals surface area contributed by atoms with Crippen LogP contribution in [-0.4, -0.2) is 30.6 Å². The van der Waals surface area contributed by atoms with Crippen LogP contribution in [0.4, 0.5) is 20.6 Å². The topological polar surface area (TPSA) is 52.7 Å². The van der Waals surface area contributed by atoms with Gasteiger partial charge < -0.3 is 10.2 Å². The second-order valence-corrected chi connectivity index (χ2v) is 6.89. The quantitative estimate of drug-likeness (QED) is 0.902. The lowest BCUT2D eigenvalue weighted by molar-refractivity contribution is -0.117. The number of carbonyl (C=O) groups excluding carboxylic acids is 2. The largest absolute Gasteiger partial charge is 0.333 e. The summed E-state index contributed by atoms with van der Waals surface area (Å²) in [5.41, 5.74) is 2.59. The number of urea groups is 1. The van der Waals surface area contributed by atoms with E-state index >= 15 is 0 Å². The maximum absolute atomic E-state index is 13.4. The normalized spacial score (nSPS) is 21.8. The summed E-state index contributed by atoms with van der Waals surface area (Å²) in [6.07, 6.45) is 1.04. The van der Waals surface area contributed by atoms with Crippen LogP contribution in [0.2, 0.25) is 0 Å². The fraction of sp³-hybridized carbons (Fsp3) is 0.300. The number of amides is 3. The number of nitrogens with one attached hydrogen (secondary N) is 1. The Kier molecular flexibility index (Phi) is 4.11. The first-order valence-electron chi connectivity index (χ1n) is 8.76. The van der Waals surface area contributed by atoms with E-state index in [-0.39, 0.29) is 36.3 Å². The van der Waals surface area contributed by atoms with Crippen molar-refractivity contribution in [3.63, 3.8) is 0 Å². The van der Waals surface area contributed by atoms with E-state index in [0.29, 0.717) is 12.2 Å². The number of carbonyl (C=O) groups is 2. The number of halogens is 1. The van der Waals surface area contributed by atoms with Crippen molar-refractivity contribution in [1.82, 2.24) is 5.32 Å². The molecule has 0 radical (unpaired) electrons. The molecule has 2 aromatic rings. The lowest BCUT2D eigenvalue weighted by Crippen LogP contribution is -2.48. The summed E-state index contributed by atoms with van der Waals surface area (Å²) in [6, 6.07) is 13.4. The second-order valence-electron chi connectivity index (χ2n) is 6.89. The summed E-state index contributed by atoms with van der Waals surface area (Å²) in [4.78, 5) is 28.4. The number of anilines is 2. The maximum Gasteiger partial charge on any atom is 0.322 e. The van der Waals surface area contributed by atoms with Gasteiger partial charge >= 0.3 is 6.03 Å². The Bertz CT molecular complexity index is 870. The van der Waals surface area contributed by atoms with Gasteiger partial charge in [-0.05, 0) is 43.2 Å². The van der Waals surface area contributed by atoms with E-state index in [4.69, 9.17) is 0 Å². The molecule has 134 valence electrons. The number of rotatable bonds is 2. The molecule has 1 saturated heterocycles. The van der Waals surface area contributed by atoms with E-state index < -0.39 is 0 Å². The standard InChI is InChI=1S/C20H20FN3O2/c1-13-9-14-5-2-3-8-18(14)24(13)20(26)22-16-11-19(25)23(12-16)17-7-4-6-15(21)10-17/h2-8,10,13,16H,9,11-12H2,1H3,(H,22,26). The van der Waals surface area contributed by atoms with Gasteiger partial charge in [0.25, 0.3) is 0 Å². The third-order valence-electron chi connectivity index (χ3n) is 5.00. The second kappa shape index (κ2) is 6.44. The number of fused-ring (bicyclic) bond motifs is 1. The highest BCUT2D eigenvalue weighted by molar-refractivity contribution is 5.99. The molecule has 0 saturated carbocycles. The van der Waals surface area contributed by atoms with Crippen molar-refractivity contribution in [2.45, 2.75) is 31.8 Å². The molecule has 3 amide bonds. The predicted octanol–water partition coefficient (Wildman–Crippen LogP) is 3.09. The summed E-state index contributed by atoms with van der Waals surface area (Å²) in [5.74, 6) is -0.499. The zero-order valence-corrected chi connectivity index (χ0v) is 14.5. The molecular formula is C20H20FN3O2. The molecule has 26 heavy (non-hydrogen) atoms. The number of benzene rings is 2. The van der Waals surface area contributed by atoms with Gasteiger partial charge in [-0.25, -0.2) is 9.18 Å². The van der Waals surface area contributed by atoms with Crippen LogP contribution < -0.4 is 15.1 Å². The minimum Gasteiger partial charge on any atom is -0.333 e. The molecule has 0 bridgehead atoms. The summed E-state index contributed by atoms with van der Waals surface area (Å²) in [6.45, 7) is 2.36. The molecular weight excluding hydrogens is 333 g/mol. The Labute approximate surface area is 151 Å². The van der Waals surface area contributed by atoms with Crippen molar-refractivity contribution in [3.8, 4) is 0 Å². The first kappa shape index (κ1) is 16.6. The van der Waals surface area contributed by atoms with Crippen molar-refractivity contribution in [2.24, 2.45) is 0 Å². The zero-order valence-electron chi connectivity index (χ0n) is 14.5. The predicted molar refractivity (Wildman–Crippen MR) is 97.8 cm³/mol. The molecule has 1 fully saturated rings. The summed E-state index contributed by atoms with van der Waals surface area (Å²) in [7, 11) is 0. The van der Waals surface area contributed by atoms with Gasteiger partial charge in [-0.3, -0.25) is 9.69 Å². The van der Waals surface area contributed by atoms with Crippen molar-refractivity contribution in [1.29, 1.82) is 0 Å². The molecule has 2 heterocycles. The molecule has 5 nitrogen and oxygen atoms in total. The summed E-state index contributed by atoms with van der Waals surface area (Å²) >= 11 is 0. The van der Waals surface area contributed by atoms with Gasteiger partial charge in [-0.15, -0.1) is 0 Å². The SMILES string of the molecule is CC1Cc2ccccc2N1C(=O)NC1CC(=O)N(c2cccc(F)c2)C1. The molecule has 2 atom stereocenters. The van der Waals surface area contributed by atoms with Crippen molar-refractivity contribution >= 4 is 23.3 Å². The molecule has 4 rings (SSSR count). The van der Waals surface area contributed by atoms with Crippen LogP contribution >= 0.6 is 0 Å². The monoisotopic (exact) mass is 353 g/mol.